The summed E-state index contributed by atoms with van der Waals surface area (Å²) in [6, 6.07) is 0. The van der Waals surface area contributed by atoms with Gasteiger partial charge in [-0.15, -0.1) is 0 Å². The normalized spacial score (nSPS) is 18.9. The van der Waals surface area contributed by atoms with E-state index < -0.39 is 5.60 Å². The van der Waals surface area contributed by atoms with E-state index in [2.05, 4.69) is 0 Å². The molecule has 0 spiro atoms. The van der Waals surface area contributed by atoms with Crippen molar-refractivity contribution in [3.05, 3.63) is 6.54 Å². The van der Waals surface area contributed by atoms with Gasteiger partial charge >= 0.3 is 6.09 Å². The zero-order valence-electron chi connectivity index (χ0n) is 9.38. The van der Waals surface area contributed by atoms with Crippen LogP contribution < -0.4 is 0 Å². The minimum atomic E-state index is -0.392. The van der Waals surface area contributed by atoms with Crippen LogP contribution in [0.3, 0.4) is 0 Å². The van der Waals surface area contributed by atoms with Gasteiger partial charge in [0.2, 0.25) is 0 Å². The Kier molecular flexibility index (Phi) is 3.78. The molecular formula is C11H20NO2. The van der Waals surface area contributed by atoms with Crippen LogP contribution in [0.4, 0.5) is 4.79 Å². The van der Waals surface area contributed by atoms with Crippen molar-refractivity contribution >= 4 is 6.09 Å². The molecule has 0 atom stereocenters. The fraction of sp³-hybridized carbons (Fsp3) is 0.818. The minimum absolute atomic E-state index is 0.209. The van der Waals surface area contributed by atoms with Gasteiger partial charge < -0.3 is 9.64 Å². The predicted octanol–water partition coefficient (Wildman–Crippen LogP) is 2.96. The molecule has 1 fully saturated rings. The van der Waals surface area contributed by atoms with Gasteiger partial charge in [-0.3, -0.25) is 0 Å². The van der Waals surface area contributed by atoms with Crippen molar-refractivity contribution < 1.29 is 9.53 Å². The maximum atomic E-state index is 11.6. The summed E-state index contributed by atoms with van der Waals surface area (Å²) in [6.07, 6.45) is 4.24. The largest absolute Gasteiger partial charge is 0.444 e. The van der Waals surface area contributed by atoms with Crippen LogP contribution in [0.2, 0.25) is 0 Å². The lowest BCUT2D eigenvalue weighted by atomic mass is 10.2. The molecule has 1 radical (unpaired) electrons. The molecule has 0 aromatic carbocycles. The Morgan fingerprint density at radius 2 is 2.00 bits per heavy atom. The van der Waals surface area contributed by atoms with Gasteiger partial charge in [0, 0.05) is 6.54 Å². The van der Waals surface area contributed by atoms with E-state index in [4.69, 9.17) is 4.74 Å². The SMILES string of the molecule is CC(C)(C)OC(=O)N1[CH]CCCCC1. The number of ether oxygens (including phenoxy) is 1. The van der Waals surface area contributed by atoms with Crippen LogP contribution in [0.25, 0.3) is 0 Å². The summed E-state index contributed by atoms with van der Waals surface area (Å²) in [4.78, 5) is 13.3. The van der Waals surface area contributed by atoms with Crippen molar-refractivity contribution in [2.75, 3.05) is 6.54 Å². The molecule has 0 N–H and O–H groups in total. The number of likely N-dealkylation sites (tertiary alicyclic amines) is 1. The first-order chi connectivity index (χ1) is 6.49. The lowest BCUT2D eigenvalue weighted by Crippen LogP contribution is -2.35. The molecule has 0 unspecified atom stereocenters. The van der Waals surface area contributed by atoms with Gasteiger partial charge in [0.25, 0.3) is 0 Å². The number of amides is 1. The van der Waals surface area contributed by atoms with Gasteiger partial charge in [-0.2, -0.15) is 0 Å². The highest BCUT2D eigenvalue weighted by Crippen LogP contribution is 2.16. The molecule has 1 rings (SSSR count). The van der Waals surface area contributed by atoms with Crippen LogP contribution in [0.15, 0.2) is 0 Å². The molecule has 0 aliphatic carbocycles. The quantitative estimate of drug-likeness (QED) is 0.599. The Morgan fingerprint density at radius 1 is 1.29 bits per heavy atom. The summed E-state index contributed by atoms with van der Waals surface area (Å²) < 4.78 is 5.29. The van der Waals surface area contributed by atoms with E-state index in [1.165, 1.54) is 12.8 Å². The van der Waals surface area contributed by atoms with Gasteiger partial charge in [-0.1, -0.05) is 12.8 Å². The average Bonchev–Trinajstić information content (AvgIpc) is 2.27. The molecular weight excluding hydrogens is 178 g/mol. The van der Waals surface area contributed by atoms with Crippen molar-refractivity contribution in [2.45, 2.75) is 52.1 Å². The second-order valence-electron chi connectivity index (χ2n) is 4.71. The molecule has 14 heavy (non-hydrogen) atoms. The summed E-state index contributed by atoms with van der Waals surface area (Å²) in [5.41, 5.74) is -0.392. The maximum Gasteiger partial charge on any atom is 0.410 e. The minimum Gasteiger partial charge on any atom is -0.444 e. The predicted molar refractivity (Wildman–Crippen MR) is 55.7 cm³/mol. The van der Waals surface area contributed by atoms with E-state index >= 15 is 0 Å². The van der Waals surface area contributed by atoms with Crippen molar-refractivity contribution in [1.82, 2.24) is 4.90 Å². The highest BCUT2D eigenvalue weighted by molar-refractivity contribution is 5.68. The molecule has 1 saturated heterocycles. The Balaban J connectivity index is 2.42. The number of rotatable bonds is 0. The molecule has 0 aromatic rings. The summed E-state index contributed by atoms with van der Waals surface area (Å²) >= 11 is 0. The Hall–Kier alpha value is -0.730. The third-order valence-electron chi connectivity index (χ3n) is 2.08. The standard InChI is InChI=1S/C11H20NO2/c1-11(2,3)14-10(13)12-8-6-4-5-7-9-12/h8H,4-7,9H2,1-3H3. The van der Waals surface area contributed by atoms with Gasteiger partial charge in [0.15, 0.2) is 0 Å². The van der Waals surface area contributed by atoms with Gasteiger partial charge in [0.05, 0.1) is 6.54 Å². The number of hydrogen-bond donors (Lipinski definition) is 0. The first kappa shape index (κ1) is 11.3. The zero-order valence-corrected chi connectivity index (χ0v) is 9.38. The summed E-state index contributed by atoms with van der Waals surface area (Å²) in [5.74, 6) is 0. The third kappa shape index (κ3) is 3.99. The summed E-state index contributed by atoms with van der Waals surface area (Å²) in [7, 11) is 0. The van der Waals surface area contributed by atoms with Gasteiger partial charge in [-0.05, 0) is 33.6 Å². The van der Waals surface area contributed by atoms with E-state index in [1.807, 2.05) is 27.3 Å². The van der Waals surface area contributed by atoms with Crippen LogP contribution in [0, 0.1) is 6.54 Å². The fourth-order valence-corrected chi connectivity index (χ4v) is 1.43. The number of carbonyl (C=O) groups excluding carboxylic acids is 1. The van der Waals surface area contributed by atoms with Crippen LogP contribution in [-0.2, 0) is 4.74 Å². The third-order valence-corrected chi connectivity index (χ3v) is 2.08. The van der Waals surface area contributed by atoms with Crippen LogP contribution in [0.1, 0.15) is 46.5 Å². The lowest BCUT2D eigenvalue weighted by molar-refractivity contribution is 0.0305. The maximum absolute atomic E-state index is 11.6. The van der Waals surface area contributed by atoms with E-state index in [-0.39, 0.29) is 6.09 Å². The lowest BCUT2D eigenvalue weighted by Gasteiger charge is -2.25. The highest BCUT2D eigenvalue weighted by atomic mass is 16.6. The van der Waals surface area contributed by atoms with Crippen LogP contribution in [0.5, 0.6) is 0 Å². The van der Waals surface area contributed by atoms with E-state index in [1.54, 1.807) is 4.90 Å². The number of nitrogens with zero attached hydrogens (tertiary/aromatic N) is 1. The fourth-order valence-electron chi connectivity index (χ4n) is 1.43. The van der Waals surface area contributed by atoms with E-state index in [0.29, 0.717) is 0 Å². The second kappa shape index (κ2) is 4.67. The van der Waals surface area contributed by atoms with Crippen LogP contribution in [-0.4, -0.2) is 23.1 Å². The Bertz CT molecular complexity index is 188. The molecule has 1 amide bonds. The average molecular weight is 198 g/mol. The first-order valence-electron chi connectivity index (χ1n) is 5.32. The monoisotopic (exact) mass is 198 g/mol. The van der Waals surface area contributed by atoms with Gasteiger partial charge in [-0.25, -0.2) is 4.79 Å². The number of carbonyl (C=O) groups is 1. The summed E-state index contributed by atoms with van der Waals surface area (Å²) in [5, 5.41) is 0. The summed E-state index contributed by atoms with van der Waals surface area (Å²) in [6.45, 7) is 8.43. The molecule has 0 bridgehead atoms. The van der Waals surface area contributed by atoms with Crippen molar-refractivity contribution in [3.8, 4) is 0 Å². The smallest absolute Gasteiger partial charge is 0.410 e. The molecule has 81 valence electrons. The zero-order chi connectivity index (χ0) is 10.6. The van der Waals surface area contributed by atoms with Gasteiger partial charge in [0.1, 0.15) is 5.60 Å². The molecule has 0 aromatic heterocycles. The molecule has 1 aliphatic rings. The van der Waals surface area contributed by atoms with Crippen molar-refractivity contribution in [1.29, 1.82) is 0 Å². The molecule has 0 saturated carbocycles. The van der Waals surface area contributed by atoms with E-state index in [0.717, 1.165) is 19.4 Å². The Morgan fingerprint density at radius 3 is 2.64 bits per heavy atom. The molecule has 3 nitrogen and oxygen atoms in total. The Labute approximate surface area is 86.4 Å². The first-order valence-corrected chi connectivity index (χ1v) is 5.32. The highest BCUT2D eigenvalue weighted by Gasteiger charge is 2.22. The topological polar surface area (TPSA) is 29.5 Å². The number of hydrogen-bond acceptors (Lipinski definition) is 2. The van der Waals surface area contributed by atoms with Crippen molar-refractivity contribution in [3.63, 3.8) is 0 Å². The molecule has 1 heterocycles. The van der Waals surface area contributed by atoms with Crippen LogP contribution >= 0.6 is 0 Å². The second-order valence-corrected chi connectivity index (χ2v) is 4.71. The molecule has 1 aliphatic heterocycles. The molecule has 3 heteroatoms. The van der Waals surface area contributed by atoms with E-state index in [9.17, 15) is 4.79 Å². The van der Waals surface area contributed by atoms with Crippen molar-refractivity contribution in [2.24, 2.45) is 0 Å².